The van der Waals surface area contributed by atoms with E-state index in [0.717, 1.165) is 42.1 Å². The topological polar surface area (TPSA) is 88.9 Å². The fraction of sp³-hybridized carbons (Fsp3) is 0.391. The first-order valence-electron chi connectivity index (χ1n) is 10.5. The Labute approximate surface area is 182 Å². The monoisotopic (exact) mass is 425 g/mol. The smallest absolute Gasteiger partial charge is 0.221 e. The fourth-order valence-electron chi connectivity index (χ4n) is 3.34. The van der Waals surface area contributed by atoms with Crippen molar-refractivity contribution in [1.29, 1.82) is 0 Å². The van der Waals surface area contributed by atoms with Crippen LogP contribution < -0.4 is 16.1 Å². The zero-order valence-electron chi connectivity index (χ0n) is 18.4. The maximum absolute atomic E-state index is 11.3. The number of nitrogens with zero attached hydrogens (tertiary/aromatic N) is 2. The van der Waals surface area contributed by atoms with Gasteiger partial charge < -0.3 is 20.2 Å². The molecule has 31 heavy (non-hydrogen) atoms. The molecule has 0 aliphatic heterocycles. The molecule has 0 aliphatic rings. The van der Waals surface area contributed by atoms with Gasteiger partial charge in [0.1, 0.15) is 5.65 Å². The number of nitrogens with one attached hydrogen (secondary N) is 3. The van der Waals surface area contributed by atoms with Crippen LogP contribution in [-0.2, 0) is 20.8 Å². The van der Waals surface area contributed by atoms with Crippen molar-refractivity contribution in [3.63, 3.8) is 0 Å². The summed E-state index contributed by atoms with van der Waals surface area (Å²) in [5, 5.41) is 6.06. The van der Waals surface area contributed by atoms with E-state index in [0.29, 0.717) is 13.2 Å². The van der Waals surface area contributed by atoms with E-state index in [1.807, 2.05) is 36.7 Å². The quantitative estimate of drug-likeness (QED) is 0.305. The van der Waals surface area contributed by atoms with E-state index in [1.54, 1.807) is 7.11 Å². The van der Waals surface area contributed by atoms with Gasteiger partial charge in [0.05, 0.1) is 25.1 Å². The van der Waals surface area contributed by atoms with Gasteiger partial charge in [0, 0.05) is 50.6 Å². The molecule has 0 saturated carbocycles. The summed E-state index contributed by atoms with van der Waals surface area (Å²) < 4.78 is 7.04. The van der Waals surface area contributed by atoms with Crippen molar-refractivity contribution in [2.24, 2.45) is 0 Å². The number of rotatable bonds is 12. The molecule has 0 saturated heterocycles. The molecule has 1 unspecified atom stereocenters. The van der Waals surface area contributed by atoms with Crippen LogP contribution in [0.4, 0.5) is 5.69 Å². The highest BCUT2D eigenvalue weighted by Crippen LogP contribution is 2.24. The number of benzene rings is 1. The molecule has 0 aliphatic carbocycles. The maximum Gasteiger partial charge on any atom is 0.221 e. The second-order valence-corrected chi connectivity index (χ2v) is 7.48. The van der Waals surface area contributed by atoms with Gasteiger partial charge in [-0.3, -0.25) is 9.20 Å². The molecule has 0 fully saturated rings. The van der Waals surface area contributed by atoms with Crippen LogP contribution in [0.1, 0.15) is 19.4 Å². The summed E-state index contributed by atoms with van der Waals surface area (Å²) in [5.74, 6) is -0.0889. The Hall–Kier alpha value is -2.78. The van der Waals surface area contributed by atoms with Gasteiger partial charge in [0.15, 0.2) is 0 Å². The predicted molar refractivity (Wildman–Crippen MR) is 122 cm³/mol. The van der Waals surface area contributed by atoms with Gasteiger partial charge in [-0.25, -0.2) is 4.98 Å². The number of methoxy groups -OCH3 is 1. The molecule has 166 valence electrons. The number of hydroxylamine groups is 1. The van der Waals surface area contributed by atoms with Gasteiger partial charge in [0.25, 0.3) is 0 Å². The normalized spacial score (nSPS) is 12.2. The number of amides is 1. The van der Waals surface area contributed by atoms with Crippen LogP contribution in [0.5, 0.6) is 0 Å². The summed E-state index contributed by atoms with van der Waals surface area (Å²) in [5.41, 5.74) is 7.89. The number of ether oxygens (including phenoxy) is 1. The number of hydrogen-bond acceptors (Lipinski definition) is 6. The molecule has 3 N–H and O–H groups in total. The minimum Gasteiger partial charge on any atom is -0.383 e. The van der Waals surface area contributed by atoms with Gasteiger partial charge in [-0.2, -0.15) is 5.48 Å². The SMILES string of the molecule is COCCNCCONC(C)Cc1ccn2c(-c3cccc(NC(C)=O)c3)cnc2c1. The van der Waals surface area contributed by atoms with Gasteiger partial charge >= 0.3 is 0 Å². The summed E-state index contributed by atoms with van der Waals surface area (Å²) in [6.07, 6.45) is 4.71. The van der Waals surface area contributed by atoms with Crippen molar-refractivity contribution in [3.8, 4) is 11.3 Å². The molecular formula is C23H31N5O3. The van der Waals surface area contributed by atoms with Crippen LogP contribution in [-0.4, -0.2) is 54.7 Å². The zero-order valence-corrected chi connectivity index (χ0v) is 18.4. The third-order valence-electron chi connectivity index (χ3n) is 4.75. The fourth-order valence-corrected chi connectivity index (χ4v) is 3.34. The molecule has 1 amide bonds. The molecule has 2 aromatic heterocycles. The Balaban J connectivity index is 1.57. The van der Waals surface area contributed by atoms with Crippen LogP contribution in [0.3, 0.4) is 0 Å². The first-order chi connectivity index (χ1) is 15.1. The third kappa shape index (κ3) is 6.86. The minimum atomic E-state index is -0.0889. The zero-order chi connectivity index (χ0) is 22.1. The highest BCUT2D eigenvalue weighted by atomic mass is 16.6. The molecule has 2 heterocycles. The Morgan fingerprint density at radius 2 is 2.03 bits per heavy atom. The number of fused-ring (bicyclic) bond motifs is 1. The highest BCUT2D eigenvalue weighted by molar-refractivity contribution is 5.89. The van der Waals surface area contributed by atoms with E-state index < -0.39 is 0 Å². The van der Waals surface area contributed by atoms with E-state index in [9.17, 15) is 4.79 Å². The average molecular weight is 426 g/mol. The summed E-state index contributed by atoms with van der Waals surface area (Å²) in [6, 6.07) is 12.1. The number of hydrogen-bond donors (Lipinski definition) is 3. The Morgan fingerprint density at radius 1 is 1.19 bits per heavy atom. The van der Waals surface area contributed by atoms with Crippen LogP contribution in [0, 0.1) is 0 Å². The number of carbonyl (C=O) groups excluding carboxylic acids is 1. The summed E-state index contributed by atoms with van der Waals surface area (Å²) in [6.45, 7) is 6.47. The molecule has 8 heteroatoms. The van der Waals surface area contributed by atoms with Gasteiger partial charge in [-0.15, -0.1) is 0 Å². The molecule has 0 bridgehead atoms. The van der Waals surface area contributed by atoms with Crippen molar-refractivity contribution in [2.45, 2.75) is 26.3 Å². The molecular weight excluding hydrogens is 394 g/mol. The standard InChI is InChI=1S/C23H31N5O3/c1-17(27-31-12-9-24-8-11-30-3)13-19-7-10-28-22(16-25-23(28)14-19)20-5-4-6-21(15-20)26-18(2)29/h4-7,10,14-17,24,27H,8-9,11-13H2,1-3H3,(H,26,29). The minimum absolute atomic E-state index is 0.0889. The number of anilines is 1. The van der Waals surface area contributed by atoms with Crippen LogP contribution in [0.2, 0.25) is 0 Å². The summed E-state index contributed by atoms with van der Waals surface area (Å²) >= 11 is 0. The Morgan fingerprint density at radius 3 is 2.84 bits per heavy atom. The lowest BCUT2D eigenvalue weighted by Gasteiger charge is -2.14. The number of carbonyl (C=O) groups is 1. The van der Waals surface area contributed by atoms with E-state index in [1.165, 1.54) is 12.5 Å². The van der Waals surface area contributed by atoms with E-state index in [-0.39, 0.29) is 11.9 Å². The highest BCUT2D eigenvalue weighted by Gasteiger charge is 2.09. The van der Waals surface area contributed by atoms with Crippen molar-refractivity contribution in [1.82, 2.24) is 20.2 Å². The van der Waals surface area contributed by atoms with E-state index in [4.69, 9.17) is 9.57 Å². The summed E-state index contributed by atoms with van der Waals surface area (Å²) in [4.78, 5) is 21.4. The first kappa shape index (κ1) is 22.9. The van der Waals surface area contributed by atoms with E-state index in [2.05, 4.69) is 44.6 Å². The molecule has 1 aromatic carbocycles. The Bertz CT molecular complexity index is 988. The van der Waals surface area contributed by atoms with Crippen LogP contribution in [0.15, 0.2) is 48.8 Å². The number of imidazole rings is 1. The maximum atomic E-state index is 11.3. The number of aromatic nitrogens is 2. The lowest BCUT2D eigenvalue weighted by Crippen LogP contribution is -2.32. The number of pyridine rings is 1. The van der Waals surface area contributed by atoms with Gasteiger partial charge in [-0.05, 0) is 43.2 Å². The second kappa shape index (κ2) is 11.6. The van der Waals surface area contributed by atoms with Crippen molar-refractivity contribution < 1.29 is 14.4 Å². The molecule has 3 aromatic rings. The molecule has 3 rings (SSSR count). The second-order valence-electron chi connectivity index (χ2n) is 7.48. The van der Waals surface area contributed by atoms with Gasteiger partial charge in [-0.1, -0.05) is 12.1 Å². The Kier molecular flexibility index (Phi) is 8.54. The van der Waals surface area contributed by atoms with E-state index >= 15 is 0 Å². The lowest BCUT2D eigenvalue weighted by molar-refractivity contribution is -0.114. The molecule has 8 nitrogen and oxygen atoms in total. The van der Waals surface area contributed by atoms with Crippen molar-refractivity contribution >= 4 is 17.2 Å². The average Bonchev–Trinajstić information content (AvgIpc) is 3.16. The predicted octanol–water partition coefficient (Wildman–Crippen LogP) is 2.65. The van der Waals surface area contributed by atoms with Gasteiger partial charge in [0.2, 0.25) is 5.91 Å². The summed E-state index contributed by atoms with van der Waals surface area (Å²) in [7, 11) is 1.69. The van der Waals surface area contributed by atoms with Crippen molar-refractivity contribution in [3.05, 3.63) is 54.4 Å². The van der Waals surface area contributed by atoms with Crippen LogP contribution >= 0.6 is 0 Å². The molecule has 0 radical (unpaired) electrons. The molecule has 1 atom stereocenters. The van der Waals surface area contributed by atoms with Crippen LogP contribution in [0.25, 0.3) is 16.9 Å². The third-order valence-corrected chi connectivity index (χ3v) is 4.75. The lowest BCUT2D eigenvalue weighted by atomic mass is 10.1. The van der Waals surface area contributed by atoms with Crippen molar-refractivity contribution in [2.75, 3.05) is 38.7 Å². The first-order valence-corrected chi connectivity index (χ1v) is 10.5. The molecule has 0 spiro atoms. The largest absolute Gasteiger partial charge is 0.383 e.